The summed E-state index contributed by atoms with van der Waals surface area (Å²) in [6, 6.07) is 7.50. The van der Waals surface area contributed by atoms with Gasteiger partial charge in [0.15, 0.2) is 6.10 Å². The van der Waals surface area contributed by atoms with Gasteiger partial charge in [-0.1, -0.05) is 43.9 Å². The zero-order valence-corrected chi connectivity index (χ0v) is 14.5. The highest BCUT2D eigenvalue weighted by atomic mass is 16.5. The van der Waals surface area contributed by atoms with Crippen LogP contribution in [-0.4, -0.2) is 31.1 Å². The monoisotopic (exact) mass is 333 g/mol. The Morgan fingerprint density at radius 3 is 2.50 bits per heavy atom. The maximum absolute atomic E-state index is 12.2. The molecule has 1 aliphatic rings. The Labute approximate surface area is 143 Å². The Balaban J connectivity index is 1.82. The molecule has 0 bridgehead atoms. The molecule has 0 aliphatic heterocycles. The molecule has 5 nitrogen and oxygen atoms in total. The summed E-state index contributed by atoms with van der Waals surface area (Å²) in [5, 5.41) is 3.01. The number of rotatable bonds is 6. The molecule has 1 aromatic rings. The van der Waals surface area contributed by atoms with Gasteiger partial charge in [-0.3, -0.25) is 9.59 Å². The van der Waals surface area contributed by atoms with Gasteiger partial charge in [-0.2, -0.15) is 0 Å². The molecule has 0 radical (unpaired) electrons. The van der Waals surface area contributed by atoms with E-state index in [9.17, 15) is 9.59 Å². The van der Waals surface area contributed by atoms with Crippen LogP contribution in [0.5, 0.6) is 5.75 Å². The van der Waals surface area contributed by atoms with Gasteiger partial charge < -0.3 is 14.8 Å². The maximum Gasteiger partial charge on any atom is 0.311 e. The van der Waals surface area contributed by atoms with Gasteiger partial charge in [0, 0.05) is 11.6 Å². The van der Waals surface area contributed by atoms with E-state index in [0.29, 0.717) is 5.75 Å². The lowest BCUT2D eigenvalue weighted by molar-refractivity contribution is -0.154. The van der Waals surface area contributed by atoms with Gasteiger partial charge in [0.25, 0.3) is 5.91 Å². The van der Waals surface area contributed by atoms with Crippen molar-refractivity contribution in [3.05, 3.63) is 29.8 Å². The van der Waals surface area contributed by atoms with Crippen molar-refractivity contribution >= 4 is 11.9 Å². The quantitative estimate of drug-likeness (QED) is 0.642. The van der Waals surface area contributed by atoms with E-state index in [0.717, 1.165) is 31.2 Å². The number of ether oxygens (including phenoxy) is 2. The summed E-state index contributed by atoms with van der Waals surface area (Å²) in [7, 11) is 1.56. The highest BCUT2D eigenvalue weighted by Crippen LogP contribution is 2.19. The van der Waals surface area contributed by atoms with Crippen LogP contribution in [-0.2, 0) is 20.7 Å². The van der Waals surface area contributed by atoms with E-state index < -0.39 is 12.1 Å². The van der Waals surface area contributed by atoms with Crippen LogP contribution in [0.2, 0.25) is 0 Å². The molecule has 1 fully saturated rings. The summed E-state index contributed by atoms with van der Waals surface area (Å²) < 4.78 is 10.5. The zero-order chi connectivity index (χ0) is 17.4. The Kier molecular flexibility index (Phi) is 7.09. The van der Waals surface area contributed by atoms with E-state index in [1.807, 2.05) is 18.2 Å². The molecule has 0 spiro atoms. The number of hydrogen-bond donors (Lipinski definition) is 1. The van der Waals surface area contributed by atoms with Crippen molar-refractivity contribution in [2.45, 2.75) is 64.0 Å². The molecular formula is C19H27NO4. The number of carbonyl (C=O) groups excluding carboxylic acids is 2. The van der Waals surface area contributed by atoms with Crippen LogP contribution in [0, 0.1) is 0 Å². The molecule has 0 unspecified atom stereocenters. The molecule has 1 aliphatic carbocycles. The standard InChI is InChI=1S/C19H27NO4/c1-14(19(22)20-16-10-5-3-4-6-11-16)24-18(21)13-15-9-7-8-12-17(15)23-2/h7-9,12,14,16H,3-6,10-11,13H2,1-2H3,(H,20,22)/t14-/m1/s1. The molecule has 0 heterocycles. The Morgan fingerprint density at radius 2 is 1.83 bits per heavy atom. The molecule has 1 atom stereocenters. The van der Waals surface area contributed by atoms with Crippen molar-refractivity contribution < 1.29 is 19.1 Å². The van der Waals surface area contributed by atoms with Crippen LogP contribution in [0.4, 0.5) is 0 Å². The number of amides is 1. The first-order chi connectivity index (χ1) is 11.6. The summed E-state index contributed by atoms with van der Waals surface area (Å²) in [4.78, 5) is 24.3. The smallest absolute Gasteiger partial charge is 0.311 e. The molecular weight excluding hydrogens is 306 g/mol. The summed E-state index contributed by atoms with van der Waals surface area (Å²) in [6.45, 7) is 1.62. The molecule has 2 rings (SSSR count). The van der Waals surface area contributed by atoms with Crippen LogP contribution in [0.1, 0.15) is 51.0 Å². The first-order valence-corrected chi connectivity index (χ1v) is 8.72. The average Bonchev–Trinajstić information content (AvgIpc) is 2.83. The molecule has 1 N–H and O–H groups in total. The molecule has 1 saturated carbocycles. The molecule has 5 heteroatoms. The predicted octanol–water partition coefficient (Wildman–Crippen LogP) is 3.01. The Hall–Kier alpha value is -2.04. The van der Waals surface area contributed by atoms with E-state index in [1.165, 1.54) is 12.8 Å². The summed E-state index contributed by atoms with van der Waals surface area (Å²) in [5.74, 6) is 0.00306. The third-order valence-corrected chi connectivity index (χ3v) is 4.41. The third kappa shape index (κ3) is 5.55. The van der Waals surface area contributed by atoms with Gasteiger partial charge in [0.2, 0.25) is 0 Å². The van der Waals surface area contributed by atoms with Crippen LogP contribution < -0.4 is 10.1 Å². The van der Waals surface area contributed by atoms with Crippen molar-refractivity contribution in [2.75, 3.05) is 7.11 Å². The second-order valence-electron chi connectivity index (χ2n) is 6.32. The molecule has 1 amide bonds. The Bertz CT molecular complexity index is 550. The van der Waals surface area contributed by atoms with Gasteiger partial charge in [0.05, 0.1) is 13.5 Å². The Morgan fingerprint density at radius 1 is 1.17 bits per heavy atom. The number of para-hydroxylation sites is 1. The highest BCUT2D eigenvalue weighted by molar-refractivity contribution is 5.84. The molecule has 132 valence electrons. The van der Waals surface area contributed by atoms with E-state index in [4.69, 9.17) is 9.47 Å². The summed E-state index contributed by atoms with van der Waals surface area (Å²) >= 11 is 0. The first-order valence-electron chi connectivity index (χ1n) is 8.72. The first kappa shape index (κ1) is 18.3. The van der Waals surface area contributed by atoms with Crippen molar-refractivity contribution in [1.29, 1.82) is 0 Å². The van der Waals surface area contributed by atoms with Crippen LogP contribution in [0.3, 0.4) is 0 Å². The second kappa shape index (κ2) is 9.30. The van der Waals surface area contributed by atoms with E-state index in [1.54, 1.807) is 20.1 Å². The number of methoxy groups -OCH3 is 1. The van der Waals surface area contributed by atoms with Crippen molar-refractivity contribution in [2.24, 2.45) is 0 Å². The van der Waals surface area contributed by atoms with E-state index in [-0.39, 0.29) is 18.4 Å². The minimum absolute atomic E-state index is 0.0884. The van der Waals surface area contributed by atoms with Crippen LogP contribution in [0.25, 0.3) is 0 Å². The zero-order valence-electron chi connectivity index (χ0n) is 14.5. The van der Waals surface area contributed by atoms with Gasteiger partial charge in [-0.15, -0.1) is 0 Å². The number of benzene rings is 1. The minimum Gasteiger partial charge on any atom is -0.496 e. The van der Waals surface area contributed by atoms with Crippen molar-refractivity contribution in [3.63, 3.8) is 0 Å². The lowest BCUT2D eigenvalue weighted by Gasteiger charge is -2.19. The topological polar surface area (TPSA) is 64.6 Å². The molecule has 0 saturated heterocycles. The van der Waals surface area contributed by atoms with Crippen molar-refractivity contribution in [1.82, 2.24) is 5.32 Å². The number of esters is 1. The van der Waals surface area contributed by atoms with Gasteiger partial charge in [-0.05, 0) is 25.8 Å². The molecule has 0 aromatic heterocycles. The van der Waals surface area contributed by atoms with Crippen molar-refractivity contribution in [3.8, 4) is 5.75 Å². The fourth-order valence-electron chi connectivity index (χ4n) is 3.04. The van der Waals surface area contributed by atoms with Crippen LogP contribution in [0.15, 0.2) is 24.3 Å². The molecule has 24 heavy (non-hydrogen) atoms. The predicted molar refractivity (Wildman–Crippen MR) is 91.9 cm³/mol. The lowest BCUT2D eigenvalue weighted by Crippen LogP contribution is -2.42. The van der Waals surface area contributed by atoms with E-state index >= 15 is 0 Å². The summed E-state index contributed by atoms with van der Waals surface area (Å²) in [6.07, 6.45) is 6.08. The maximum atomic E-state index is 12.2. The summed E-state index contributed by atoms with van der Waals surface area (Å²) in [5.41, 5.74) is 0.751. The third-order valence-electron chi connectivity index (χ3n) is 4.41. The van der Waals surface area contributed by atoms with Gasteiger partial charge >= 0.3 is 5.97 Å². The number of carbonyl (C=O) groups is 2. The largest absolute Gasteiger partial charge is 0.496 e. The average molecular weight is 333 g/mol. The van der Waals surface area contributed by atoms with E-state index in [2.05, 4.69) is 5.32 Å². The minimum atomic E-state index is -0.782. The van der Waals surface area contributed by atoms with Gasteiger partial charge in [0.1, 0.15) is 5.75 Å². The lowest BCUT2D eigenvalue weighted by atomic mass is 10.1. The normalized spacial score (nSPS) is 16.8. The van der Waals surface area contributed by atoms with Crippen LogP contribution >= 0.6 is 0 Å². The number of hydrogen-bond acceptors (Lipinski definition) is 4. The SMILES string of the molecule is COc1ccccc1CC(=O)O[C@H](C)C(=O)NC1CCCCCC1. The number of nitrogens with one attached hydrogen (secondary N) is 1. The fraction of sp³-hybridized carbons (Fsp3) is 0.579. The highest BCUT2D eigenvalue weighted by Gasteiger charge is 2.22. The van der Waals surface area contributed by atoms with Gasteiger partial charge in [-0.25, -0.2) is 0 Å². The molecule has 1 aromatic carbocycles. The fourth-order valence-corrected chi connectivity index (χ4v) is 3.04. The second-order valence-corrected chi connectivity index (χ2v) is 6.32.